The third-order valence-corrected chi connectivity index (χ3v) is 18.2. The lowest BCUT2D eigenvalue weighted by Gasteiger charge is -2.32. The van der Waals surface area contributed by atoms with E-state index in [2.05, 4.69) is 285 Å². The number of para-hydroxylation sites is 4. The Hall–Kier alpha value is -8.09. The molecule has 0 saturated carbocycles. The quantitative estimate of drug-likeness (QED) is 0.115. The molecule has 0 atom stereocenters. The maximum Gasteiger partial charge on any atom is 0.145 e. The molecule has 6 heteroatoms. The van der Waals surface area contributed by atoms with Gasteiger partial charge in [0.25, 0.3) is 0 Å². The first kappa shape index (κ1) is 58.3. The zero-order chi connectivity index (χ0) is 61.0. The van der Waals surface area contributed by atoms with Gasteiger partial charge in [-0.2, -0.15) is 0 Å². The molecule has 440 valence electrons. The van der Waals surface area contributed by atoms with Gasteiger partial charge in [-0.15, -0.1) is 0 Å². The van der Waals surface area contributed by atoms with E-state index in [1.165, 1.54) is 78.1 Å². The number of benzene rings is 8. The molecule has 86 heavy (non-hydrogen) atoms. The molecule has 6 nitrogen and oxygen atoms in total. The molecule has 1 aliphatic rings. The van der Waals surface area contributed by atoms with Crippen LogP contribution in [0.25, 0.3) is 71.8 Å². The summed E-state index contributed by atoms with van der Waals surface area (Å²) in [6, 6.07) is 56.9. The van der Waals surface area contributed by atoms with Crippen LogP contribution in [0.15, 0.2) is 162 Å². The van der Waals surface area contributed by atoms with E-state index in [1.807, 2.05) is 12.3 Å². The summed E-state index contributed by atoms with van der Waals surface area (Å²) in [6.07, 6.45) is 1.94. The molecule has 11 aromatic rings. The minimum absolute atomic E-state index is 0.0759. The van der Waals surface area contributed by atoms with E-state index in [-0.39, 0.29) is 10.8 Å². The predicted octanol–water partition coefficient (Wildman–Crippen LogP) is 23.8. The van der Waals surface area contributed by atoms with Crippen molar-refractivity contribution in [3.8, 4) is 39.6 Å². The van der Waals surface area contributed by atoms with E-state index in [0.717, 1.165) is 72.4 Å². The highest BCUT2D eigenvalue weighted by Gasteiger charge is 2.35. The van der Waals surface area contributed by atoms with Crippen LogP contribution in [0.1, 0.15) is 205 Å². The lowest BCUT2D eigenvalue weighted by Crippen LogP contribution is -2.26. The van der Waals surface area contributed by atoms with E-state index in [9.17, 15) is 0 Å². The molecule has 0 fully saturated rings. The van der Waals surface area contributed by atoms with Crippen LogP contribution < -0.4 is 14.5 Å². The average Bonchev–Trinajstić information content (AvgIpc) is 1.53. The van der Waals surface area contributed by atoms with Crippen LogP contribution in [0, 0.1) is 0 Å². The van der Waals surface area contributed by atoms with Gasteiger partial charge in [-0.3, -0.25) is 4.57 Å². The second-order valence-electron chi connectivity index (χ2n) is 28.4. The standard InChI is InChI=1S/C80H88N4O2/c1-46(2)52-36-64(48(5)6)74(65(37-52)49(7)8)62-25-23-26-63(75-66(50(9)10)38-53(47(3)4)39-67(75)51(11)12)77(62)83-45-82(68-27-20-21-28-69(68)83)56-40-55(80(16,17)18)41-58(43-56)85-57-30-31-61-71(44-57)84(73-42-54(34-35-81-73)79(13,14)15)70-33-32-60-59-24-19-22-29-72(59)86-78(60)76(61)70/h19-44,46-51H,45H2,1-18H3. The SMILES string of the molecule is CC(C)c1cc(C(C)C)c(-c2cccc(-c3c(C(C)C)cc(C(C)C)cc3C(C)C)c2N2CN(c3cc(Oc4ccc5c6c7oc8ccccc8c7ccc6n(-c6cc(C(C)(C)C)ccn6)c5c4)cc(C(C)(C)C)c3)c3ccccc32)c(C(C)C)c1. The van der Waals surface area contributed by atoms with Crippen molar-refractivity contribution in [1.82, 2.24) is 9.55 Å². The molecule has 1 aliphatic heterocycles. The Morgan fingerprint density at radius 2 is 1.00 bits per heavy atom. The summed E-state index contributed by atoms with van der Waals surface area (Å²) in [5.41, 5.74) is 24.3. The molecule has 0 spiro atoms. The highest BCUT2D eigenvalue weighted by Crippen LogP contribution is 2.55. The third kappa shape index (κ3) is 10.2. The first-order valence-corrected chi connectivity index (χ1v) is 31.7. The highest BCUT2D eigenvalue weighted by molar-refractivity contribution is 6.24. The maximum atomic E-state index is 7.27. The van der Waals surface area contributed by atoms with Crippen molar-refractivity contribution in [2.45, 2.75) is 171 Å². The van der Waals surface area contributed by atoms with Crippen molar-refractivity contribution >= 4 is 66.5 Å². The summed E-state index contributed by atoms with van der Waals surface area (Å²) in [7, 11) is 0. The van der Waals surface area contributed by atoms with Gasteiger partial charge in [-0.25, -0.2) is 4.98 Å². The number of ether oxygens (including phenoxy) is 1. The summed E-state index contributed by atoms with van der Waals surface area (Å²) in [5.74, 6) is 4.38. The van der Waals surface area contributed by atoms with E-state index in [1.54, 1.807) is 0 Å². The van der Waals surface area contributed by atoms with Gasteiger partial charge in [0.1, 0.15) is 35.2 Å². The molecule has 0 bridgehead atoms. The normalized spacial score (nSPS) is 13.3. The predicted molar refractivity (Wildman–Crippen MR) is 367 cm³/mol. The van der Waals surface area contributed by atoms with Gasteiger partial charge < -0.3 is 19.0 Å². The van der Waals surface area contributed by atoms with Crippen LogP contribution in [-0.4, -0.2) is 16.2 Å². The van der Waals surface area contributed by atoms with Gasteiger partial charge in [0.2, 0.25) is 0 Å². The zero-order valence-corrected chi connectivity index (χ0v) is 54.3. The zero-order valence-electron chi connectivity index (χ0n) is 54.3. The van der Waals surface area contributed by atoms with Crippen LogP contribution in [-0.2, 0) is 10.8 Å². The number of aromatic nitrogens is 2. The molecule has 8 aromatic carbocycles. The Morgan fingerprint density at radius 3 is 1.56 bits per heavy atom. The fourth-order valence-corrected chi connectivity index (χ4v) is 13.3. The number of fused-ring (bicyclic) bond motifs is 8. The summed E-state index contributed by atoms with van der Waals surface area (Å²) < 4.78 is 16.3. The van der Waals surface area contributed by atoms with Crippen LogP contribution in [0.4, 0.5) is 22.7 Å². The largest absolute Gasteiger partial charge is 0.457 e. The van der Waals surface area contributed by atoms with Crippen molar-refractivity contribution in [2.75, 3.05) is 16.5 Å². The average molecular weight is 1140 g/mol. The van der Waals surface area contributed by atoms with E-state index in [4.69, 9.17) is 14.1 Å². The Kier molecular flexibility index (Phi) is 14.9. The topological polar surface area (TPSA) is 46.7 Å². The lowest BCUT2D eigenvalue weighted by molar-refractivity contribution is 0.479. The number of furan rings is 1. The van der Waals surface area contributed by atoms with Crippen molar-refractivity contribution in [3.63, 3.8) is 0 Å². The van der Waals surface area contributed by atoms with Crippen LogP contribution in [0.5, 0.6) is 11.5 Å². The van der Waals surface area contributed by atoms with Crippen molar-refractivity contribution in [2.24, 2.45) is 0 Å². The second kappa shape index (κ2) is 22.0. The van der Waals surface area contributed by atoms with Gasteiger partial charge >= 0.3 is 0 Å². The molecule has 0 unspecified atom stereocenters. The molecule has 0 aliphatic carbocycles. The molecule has 0 radical (unpaired) electrons. The van der Waals surface area contributed by atoms with Crippen molar-refractivity contribution in [1.29, 1.82) is 0 Å². The summed E-state index contributed by atoms with van der Waals surface area (Å²) in [5, 5.41) is 4.34. The molecule has 12 rings (SSSR count). The first-order valence-electron chi connectivity index (χ1n) is 31.7. The fourth-order valence-electron chi connectivity index (χ4n) is 13.3. The molecule has 0 saturated heterocycles. The number of anilines is 4. The molecule has 4 heterocycles. The van der Waals surface area contributed by atoms with E-state index in [0.29, 0.717) is 42.2 Å². The molecular formula is C80H88N4O2. The van der Waals surface area contributed by atoms with E-state index < -0.39 is 0 Å². The number of pyridine rings is 1. The van der Waals surface area contributed by atoms with Gasteiger partial charge in [-0.05, 0) is 169 Å². The fraction of sp³-hybridized carbons (Fsp3) is 0.338. The maximum absolute atomic E-state index is 7.27. The summed E-state index contributed by atoms with van der Waals surface area (Å²) in [4.78, 5) is 10.2. The number of hydrogen-bond donors (Lipinski definition) is 0. The van der Waals surface area contributed by atoms with Gasteiger partial charge in [0, 0.05) is 51.3 Å². The van der Waals surface area contributed by atoms with Crippen molar-refractivity contribution in [3.05, 3.63) is 202 Å². The smallest absolute Gasteiger partial charge is 0.145 e. The van der Waals surface area contributed by atoms with Crippen LogP contribution in [0.3, 0.4) is 0 Å². The minimum Gasteiger partial charge on any atom is -0.457 e. The number of nitrogens with zero attached hydrogens (tertiary/aromatic N) is 4. The molecule has 3 aromatic heterocycles. The first-order chi connectivity index (χ1) is 40.9. The Labute approximate surface area is 511 Å². The Bertz CT molecular complexity index is 4260. The Morgan fingerprint density at radius 1 is 0.453 bits per heavy atom. The highest BCUT2D eigenvalue weighted by atomic mass is 16.5. The minimum atomic E-state index is -0.198. The summed E-state index contributed by atoms with van der Waals surface area (Å²) in [6.45, 7) is 42.6. The second-order valence-corrected chi connectivity index (χ2v) is 28.4. The molecular weight excluding hydrogens is 1050 g/mol. The van der Waals surface area contributed by atoms with Crippen LogP contribution in [0.2, 0.25) is 0 Å². The monoisotopic (exact) mass is 1140 g/mol. The third-order valence-electron chi connectivity index (χ3n) is 18.2. The van der Waals surface area contributed by atoms with Gasteiger partial charge in [0.05, 0.1) is 33.5 Å². The summed E-state index contributed by atoms with van der Waals surface area (Å²) >= 11 is 0. The lowest BCUT2D eigenvalue weighted by atomic mass is 9.78. The number of hydrogen-bond acceptors (Lipinski definition) is 5. The van der Waals surface area contributed by atoms with Gasteiger partial charge in [0.15, 0.2) is 0 Å². The van der Waals surface area contributed by atoms with Crippen molar-refractivity contribution < 1.29 is 9.15 Å². The van der Waals surface area contributed by atoms with E-state index >= 15 is 0 Å². The Balaban J connectivity index is 1.05. The molecule has 0 N–H and O–H groups in total. The molecule has 0 amide bonds. The van der Waals surface area contributed by atoms with Gasteiger partial charge in [-0.1, -0.05) is 197 Å². The number of rotatable bonds is 13. The van der Waals surface area contributed by atoms with Crippen LogP contribution >= 0.6 is 0 Å².